The molecule has 1 radical (unpaired) electrons. The van der Waals surface area contributed by atoms with Gasteiger partial charge in [0.2, 0.25) is 0 Å². The molecule has 63 valence electrons. The molecule has 0 aromatic heterocycles. The van der Waals surface area contributed by atoms with Crippen LogP contribution in [0.1, 0.15) is 12.8 Å². The van der Waals surface area contributed by atoms with Crippen LogP contribution in [0, 0.1) is 6.42 Å². The highest BCUT2D eigenvalue weighted by atomic mass is 16.5. The maximum atomic E-state index is 10.5. The minimum absolute atomic E-state index is 0.144. The van der Waals surface area contributed by atoms with Crippen LogP contribution in [-0.4, -0.2) is 26.2 Å². The molecule has 0 aromatic carbocycles. The average molecular weight is 159 g/mol. The van der Waals surface area contributed by atoms with Crippen molar-refractivity contribution in [2.24, 2.45) is 0 Å². The molecule has 0 saturated carbocycles. The second-order valence-corrected chi connectivity index (χ2v) is 1.85. The molecular formula is C7H11O4. The molecule has 0 spiro atoms. The summed E-state index contributed by atoms with van der Waals surface area (Å²) in [6, 6.07) is 0. The summed E-state index contributed by atoms with van der Waals surface area (Å²) >= 11 is 0. The number of hydrogen-bond donors (Lipinski definition) is 0. The number of ether oxygens (including phenoxy) is 2. The zero-order valence-corrected chi connectivity index (χ0v) is 6.62. The first kappa shape index (κ1) is 9.94. The summed E-state index contributed by atoms with van der Waals surface area (Å²) in [6.45, 7) is 0. The first-order chi connectivity index (χ1) is 5.20. The van der Waals surface area contributed by atoms with Gasteiger partial charge >= 0.3 is 11.9 Å². The van der Waals surface area contributed by atoms with Gasteiger partial charge in [0.05, 0.1) is 14.2 Å². The van der Waals surface area contributed by atoms with Gasteiger partial charge in [-0.15, -0.1) is 0 Å². The molecule has 0 saturated heterocycles. The van der Waals surface area contributed by atoms with Crippen molar-refractivity contribution in [3.8, 4) is 0 Å². The minimum atomic E-state index is -0.353. The molecule has 0 amide bonds. The first-order valence-electron chi connectivity index (χ1n) is 3.16. The van der Waals surface area contributed by atoms with E-state index in [9.17, 15) is 9.59 Å². The van der Waals surface area contributed by atoms with E-state index >= 15 is 0 Å². The van der Waals surface area contributed by atoms with Crippen LogP contribution in [-0.2, 0) is 19.1 Å². The van der Waals surface area contributed by atoms with Crippen LogP contribution in [0.15, 0.2) is 0 Å². The van der Waals surface area contributed by atoms with Crippen LogP contribution in [0.4, 0.5) is 0 Å². The lowest BCUT2D eigenvalue weighted by molar-refractivity contribution is -0.140. The smallest absolute Gasteiger partial charge is 0.305 e. The molecule has 0 fully saturated rings. The van der Waals surface area contributed by atoms with Crippen molar-refractivity contribution in [1.82, 2.24) is 0 Å². The normalized spacial score (nSPS) is 8.91. The molecule has 4 heteroatoms. The lowest BCUT2D eigenvalue weighted by Gasteiger charge is -1.97. The third-order valence-electron chi connectivity index (χ3n) is 1.08. The Kier molecular flexibility index (Phi) is 5.15. The van der Waals surface area contributed by atoms with Crippen molar-refractivity contribution in [2.45, 2.75) is 12.8 Å². The molecule has 4 nitrogen and oxygen atoms in total. The van der Waals surface area contributed by atoms with E-state index in [-0.39, 0.29) is 24.8 Å². The van der Waals surface area contributed by atoms with E-state index in [2.05, 4.69) is 9.47 Å². The highest BCUT2D eigenvalue weighted by Crippen LogP contribution is 1.96. The van der Waals surface area contributed by atoms with Gasteiger partial charge in [0.15, 0.2) is 0 Å². The predicted molar refractivity (Wildman–Crippen MR) is 37.6 cm³/mol. The third-order valence-corrected chi connectivity index (χ3v) is 1.08. The molecule has 0 aromatic rings. The third kappa shape index (κ3) is 5.39. The Labute approximate surface area is 65.5 Å². The van der Waals surface area contributed by atoms with E-state index < -0.39 is 0 Å². The summed E-state index contributed by atoms with van der Waals surface area (Å²) in [7, 11) is 2.60. The molecule has 0 bridgehead atoms. The monoisotopic (exact) mass is 159 g/mol. The quantitative estimate of drug-likeness (QED) is 0.554. The Hall–Kier alpha value is -1.06. The van der Waals surface area contributed by atoms with Gasteiger partial charge in [-0.1, -0.05) is 0 Å². The summed E-state index contributed by atoms with van der Waals surface area (Å²) < 4.78 is 8.69. The predicted octanol–water partition coefficient (Wildman–Crippen LogP) is 0.317. The molecule has 0 aliphatic heterocycles. The second kappa shape index (κ2) is 5.70. The Morgan fingerprint density at radius 1 is 1.09 bits per heavy atom. The van der Waals surface area contributed by atoms with E-state index in [0.717, 1.165) is 0 Å². The van der Waals surface area contributed by atoms with Crippen molar-refractivity contribution >= 4 is 11.9 Å². The van der Waals surface area contributed by atoms with Crippen molar-refractivity contribution in [2.75, 3.05) is 14.2 Å². The fourth-order valence-electron chi connectivity index (χ4n) is 0.475. The molecule has 0 rings (SSSR count). The van der Waals surface area contributed by atoms with E-state index in [1.54, 1.807) is 0 Å². The van der Waals surface area contributed by atoms with Gasteiger partial charge in [-0.2, -0.15) is 0 Å². The SMILES string of the molecule is COC(=O)C[CH]CC(=O)OC. The van der Waals surface area contributed by atoms with Crippen molar-refractivity contribution in [3.63, 3.8) is 0 Å². The Balaban J connectivity index is 3.27. The van der Waals surface area contributed by atoms with E-state index in [1.807, 2.05) is 0 Å². The Bertz CT molecular complexity index is 125. The summed E-state index contributed by atoms with van der Waals surface area (Å²) in [4.78, 5) is 21.0. The van der Waals surface area contributed by atoms with Gasteiger partial charge in [-0.05, 0) is 6.42 Å². The van der Waals surface area contributed by atoms with Gasteiger partial charge in [-0.25, -0.2) is 0 Å². The standard InChI is InChI=1S/C7H11O4/c1-10-6(8)4-3-5-7(9)11-2/h3H,4-5H2,1-2H3. The summed E-state index contributed by atoms with van der Waals surface area (Å²) in [5.41, 5.74) is 0. The number of carbonyl (C=O) groups is 2. The fourth-order valence-corrected chi connectivity index (χ4v) is 0.475. The number of carbonyl (C=O) groups excluding carboxylic acids is 2. The highest BCUT2D eigenvalue weighted by Gasteiger charge is 2.03. The summed E-state index contributed by atoms with van der Waals surface area (Å²) in [5.74, 6) is -0.706. The zero-order chi connectivity index (χ0) is 8.69. The first-order valence-corrected chi connectivity index (χ1v) is 3.16. The number of hydrogen-bond acceptors (Lipinski definition) is 4. The van der Waals surface area contributed by atoms with Gasteiger partial charge in [0.1, 0.15) is 0 Å². The zero-order valence-electron chi connectivity index (χ0n) is 6.62. The van der Waals surface area contributed by atoms with Crippen molar-refractivity contribution < 1.29 is 19.1 Å². The number of rotatable bonds is 4. The fraction of sp³-hybridized carbons (Fsp3) is 0.571. The van der Waals surface area contributed by atoms with Gasteiger partial charge < -0.3 is 9.47 Å². The lowest BCUT2D eigenvalue weighted by atomic mass is 10.2. The lowest BCUT2D eigenvalue weighted by Crippen LogP contribution is -2.04. The molecule has 0 aliphatic rings. The molecule has 0 unspecified atom stereocenters. The Morgan fingerprint density at radius 2 is 1.45 bits per heavy atom. The molecule has 11 heavy (non-hydrogen) atoms. The van der Waals surface area contributed by atoms with Gasteiger partial charge in [0.25, 0.3) is 0 Å². The molecule has 0 aliphatic carbocycles. The maximum Gasteiger partial charge on any atom is 0.305 e. The second-order valence-electron chi connectivity index (χ2n) is 1.85. The number of methoxy groups -OCH3 is 2. The van der Waals surface area contributed by atoms with Gasteiger partial charge in [-0.3, -0.25) is 9.59 Å². The van der Waals surface area contributed by atoms with Crippen LogP contribution in [0.3, 0.4) is 0 Å². The minimum Gasteiger partial charge on any atom is -0.469 e. The van der Waals surface area contributed by atoms with Crippen LogP contribution in [0.25, 0.3) is 0 Å². The topological polar surface area (TPSA) is 52.6 Å². The Morgan fingerprint density at radius 3 is 1.73 bits per heavy atom. The summed E-state index contributed by atoms with van der Waals surface area (Å²) in [5, 5.41) is 0. The molecule has 0 heterocycles. The van der Waals surface area contributed by atoms with Crippen LogP contribution in [0.2, 0.25) is 0 Å². The maximum absolute atomic E-state index is 10.5. The highest BCUT2D eigenvalue weighted by molar-refractivity contribution is 5.74. The van der Waals surface area contributed by atoms with Crippen molar-refractivity contribution in [3.05, 3.63) is 6.42 Å². The summed E-state index contributed by atoms with van der Waals surface area (Å²) in [6.07, 6.45) is 1.80. The van der Waals surface area contributed by atoms with Crippen molar-refractivity contribution in [1.29, 1.82) is 0 Å². The molecular weight excluding hydrogens is 148 g/mol. The van der Waals surface area contributed by atoms with Crippen LogP contribution < -0.4 is 0 Å². The molecule has 0 N–H and O–H groups in total. The van der Waals surface area contributed by atoms with E-state index in [4.69, 9.17) is 0 Å². The van der Waals surface area contributed by atoms with E-state index in [1.165, 1.54) is 20.6 Å². The largest absolute Gasteiger partial charge is 0.469 e. The van der Waals surface area contributed by atoms with E-state index in [0.29, 0.717) is 0 Å². The molecule has 0 atom stereocenters. The average Bonchev–Trinajstić information content (AvgIpc) is 2.04. The van der Waals surface area contributed by atoms with Crippen LogP contribution in [0.5, 0.6) is 0 Å². The van der Waals surface area contributed by atoms with Gasteiger partial charge in [0, 0.05) is 12.8 Å². The van der Waals surface area contributed by atoms with Crippen LogP contribution >= 0.6 is 0 Å². The number of esters is 2.